The fraction of sp³-hybridized carbons (Fsp3) is 0.500. The van der Waals surface area contributed by atoms with Crippen molar-refractivity contribution in [3.05, 3.63) is 11.3 Å². The second-order valence-corrected chi connectivity index (χ2v) is 3.91. The van der Waals surface area contributed by atoms with Crippen molar-refractivity contribution >= 4 is 17.8 Å². The first kappa shape index (κ1) is 13.0. The maximum atomic E-state index is 11.5. The number of hydrogen-bond donors (Lipinski definition) is 2. The second kappa shape index (κ2) is 4.44. The summed E-state index contributed by atoms with van der Waals surface area (Å²) in [5, 5.41) is 11.7. The molecule has 1 saturated heterocycles. The third kappa shape index (κ3) is 3.20. The van der Waals surface area contributed by atoms with Crippen molar-refractivity contribution < 1.29 is 29.0 Å². The molecule has 1 aliphatic heterocycles. The summed E-state index contributed by atoms with van der Waals surface area (Å²) in [7, 11) is 0. The number of hydrogen-bond acceptors (Lipinski definition) is 6. The Balaban J connectivity index is 2.89. The standard InChI is InChI=1S/C10H13NO6/c1-5(12)11-4-6(13)7-8(14)16-10(2,3)17-9(7)15/h13H,4H2,1-3H3,(H,11,12). The predicted octanol–water partition coefficient (Wildman–Crippen LogP) is -0.229. The summed E-state index contributed by atoms with van der Waals surface area (Å²) in [5.74, 6) is -4.31. The van der Waals surface area contributed by atoms with Crippen LogP contribution in [0.2, 0.25) is 0 Å². The largest absolute Gasteiger partial charge is 0.509 e. The lowest BCUT2D eigenvalue weighted by molar-refractivity contribution is -0.222. The summed E-state index contributed by atoms with van der Waals surface area (Å²) in [4.78, 5) is 33.5. The number of rotatable bonds is 2. The third-order valence-corrected chi connectivity index (χ3v) is 1.88. The molecule has 17 heavy (non-hydrogen) atoms. The number of carbonyl (C=O) groups excluding carboxylic acids is 3. The van der Waals surface area contributed by atoms with Crippen LogP contribution in [0.15, 0.2) is 11.3 Å². The molecule has 1 fully saturated rings. The normalized spacial score (nSPS) is 18.2. The molecule has 1 aliphatic rings. The van der Waals surface area contributed by atoms with Gasteiger partial charge in [-0.25, -0.2) is 9.59 Å². The van der Waals surface area contributed by atoms with Crippen molar-refractivity contribution in [1.29, 1.82) is 0 Å². The predicted molar refractivity (Wildman–Crippen MR) is 54.6 cm³/mol. The Morgan fingerprint density at radius 3 is 2.18 bits per heavy atom. The number of esters is 2. The molecule has 0 aliphatic carbocycles. The van der Waals surface area contributed by atoms with Crippen LogP contribution in [0.25, 0.3) is 0 Å². The number of aliphatic hydroxyl groups excluding tert-OH is 1. The van der Waals surface area contributed by atoms with Gasteiger partial charge in [0.05, 0.1) is 6.54 Å². The van der Waals surface area contributed by atoms with Gasteiger partial charge in [0.25, 0.3) is 5.79 Å². The van der Waals surface area contributed by atoms with Gasteiger partial charge in [0, 0.05) is 20.8 Å². The maximum absolute atomic E-state index is 11.5. The summed E-state index contributed by atoms with van der Waals surface area (Å²) in [6.07, 6.45) is 0. The molecule has 7 heteroatoms. The zero-order valence-electron chi connectivity index (χ0n) is 9.70. The van der Waals surface area contributed by atoms with Crippen molar-refractivity contribution in [3.8, 4) is 0 Å². The Hall–Kier alpha value is -2.05. The minimum Gasteiger partial charge on any atom is -0.509 e. The average Bonchev–Trinajstić information content (AvgIpc) is 2.11. The van der Waals surface area contributed by atoms with E-state index >= 15 is 0 Å². The van der Waals surface area contributed by atoms with Gasteiger partial charge in [0.1, 0.15) is 5.76 Å². The van der Waals surface area contributed by atoms with E-state index in [1.165, 1.54) is 20.8 Å². The van der Waals surface area contributed by atoms with E-state index in [9.17, 15) is 19.5 Å². The molecule has 0 aromatic rings. The molecule has 94 valence electrons. The van der Waals surface area contributed by atoms with Gasteiger partial charge < -0.3 is 19.9 Å². The van der Waals surface area contributed by atoms with Gasteiger partial charge in [0.2, 0.25) is 5.91 Å². The Kier molecular flexibility index (Phi) is 3.40. The maximum Gasteiger partial charge on any atom is 0.352 e. The van der Waals surface area contributed by atoms with Crippen LogP contribution >= 0.6 is 0 Å². The van der Waals surface area contributed by atoms with Gasteiger partial charge in [-0.05, 0) is 0 Å². The van der Waals surface area contributed by atoms with Crippen molar-refractivity contribution in [3.63, 3.8) is 0 Å². The molecule has 1 heterocycles. The molecule has 0 radical (unpaired) electrons. The van der Waals surface area contributed by atoms with E-state index in [4.69, 9.17) is 9.47 Å². The van der Waals surface area contributed by atoms with Crippen molar-refractivity contribution in [2.75, 3.05) is 6.54 Å². The lowest BCUT2D eigenvalue weighted by atomic mass is 10.2. The van der Waals surface area contributed by atoms with E-state index in [-0.39, 0.29) is 6.54 Å². The molecule has 2 N–H and O–H groups in total. The van der Waals surface area contributed by atoms with Crippen LogP contribution in [0, 0.1) is 0 Å². The van der Waals surface area contributed by atoms with Crippen molar-refractivity contribution in [1.82, 2.24) is 5.32 Å². The van der Waals surface area contributed by atoms with Crippen molar-refractivity contribution in [2.24, 2.45) is 0 Å². The molecule has 0 spiro atoms. The second-order valence-electron chi connectivity index (χ2n) is 3.91. The highest BCUT2D eigenvalue weighted by molar-refractivity contribution is 6.15. The molecular weight excluding hydrogens is 230 g/mol. The number of nitrogens with one attached hydrogen (secondary N) is 1. The van der Waals surface area contributed by atoms with Crippen LogP contribution in [0.4, 0.5) is 0 Å². The van der Waals surface area contributed by atoms with Gasteiger partial charge in [-0.3, -0.25) is 4.79 Å². The van der Waals surface area contributed by atoms with E-state index in [1.54, 1.807) is 0 Å². The number of ether oxygens (including phenoxy) is 2. The van der Waals surface area contributed by atoms with Crippen LogP contribution < -0.4 is 5.32 Å². The molecule has 0 aromatic carbocycles. The van der Waals surface area contributed by atoms with Gasteiger partial charge >= 0.3 is 11.9 Å². The van der Waals surface area contributed by atoms with Crippen LogP contribution in [0.3, 0.4) is 0 Å². The van der Waals surface area contributed by atoms with Gasteiger partial charge in [-0.1, -0.05) is 0 Å². The minimum absolute atomic E-state index is 0.338. The highest BCUT2D eigenvalue weighted by Gasteiger charge is 2.41. The lowest BCUT2D eigenvalue weighted by Crippen LogP contribution is -2.43. The smallest absolute Gasteiger partial charge is 0.352 e. The zero-order chi connectivity index (χ0) is 13.2. The molecule has 0 bridgehead atoms. The number of carbonyl (C=O) groups is 3. The number of amides is 1. The highest BCUT2D eigenvalue weighted by atomic mass is 16.7. The molecule has 1 rings (SSSR count). The number of cyclic esters (lactones) is 2. The van der Waals surface area contributed by atoms with E-state index in [1.807, 2.05) is 0 Å². The third-order valence-electron chi connectivity index (χ3n) is 1.88. The topological polar surface area (TPSA) is 102 Å². The Morgan fingerprint density at radius 1 is 1.29 bits per heavy atom. The number of aliphatic hydroxyl groups is 1. The van der Waals surface area contributed by atoms with E-state index < -0.39 is 35.0 Å². The molecule has 0 aromatic heterocycles. The average molecular weight is 243 g/mol. The SMILES string of the molecule is CC(=O)NCC(O)=C1C(=O)OC(C)(C)OC1=O. The monoisotopic (exact) mass is 243 g/mol. The van der Waals surface area contributed by atoms with Gasteiger partial charge in [-0.2, -0.15) is 0 Å². The Labute approximate surface area is 97.4 Å². The first-order chi connectivity index (χ1) is 7.73. The van der Waals surface area contributed by atoms with E-state index in [0.29, 0.717) is 0 Å². The zero-order valence-corrected chi connectivity index (χ0v) is 9.70. The summed E-state index contributed by atoms with van der Waals surface area (Å²) in [5.41, 5.74) is -0.599. The quantitative estimate of drug-likeness (QED) is 0.300. The Morgan fingerprint density at radius 2 is 1.76 bits per heavy atom. The fourth-order valence-electron chi connectivity index (χ4n) is 1.18. The summed E-state index contributed by atoms with van der Waals surface area (Å²) in [6.45, 7) is 3.68. The van der Waals surface area contributed by atoms with E-state index in [2.05, 4.69) is 5.32 Å². The van der Waals surface area contributed by atoms with Crippen LogP contribution in [-0.2, 0) is 23.9 Å². The molecule has 0 atom stereocenters. The summed E-state index contributed by atoms with van der Waals surface area (Å²) in [6, 6.07) is 0. The fourth-order valence-corrected chi connectivity index (χ4v) is 1.18. The van der Waals surface area contributed by atoms with Gasteiger partial charge in [0.15, 0.2) is 5.57 Å². The molecule has 0 unspecified atom stereocenters. The summed E-state index contributed by atoms with van der Waals surface area (Å²) < 4.78 is 9.54. The first-order valence-corrected chi connectivity index (χ1v) is 4.86. The highest BCUT2D eigenvalue weighted by Crippen LogP contribution is 2.23. The van der Waals surface area contributed by atoms with Crippen molar-refractivity contribution in [2.45, 2.75) is 26.6 Å². The lowest BCUT2D eigenvalue weighted by Gasteiger charge is -2.30. The van der Waals surface area contributed by atoms with Gasteiger partial charge in [-0.15, -0.1) is 0 Å². The minimum atomic E-state index is -1.36. The van der Waals surface area contributed by atoms with E-state index in [0.717, 1.165) is 0 Å². The van der Waals surface area contributed by atoms with Crippen LogP contribution in [0.5, 0.6) is 0 Å². The van der Waals surface area contributed by atoms with Crippen LogP contribution in [-0.4, -0.2) is 35.3 Å². The molecule has 1 amide bonds. The molecular formula is C10H13NO6. The molecule has 0 saturated carbocycles. The summed E-state index contributed by atoms with van der Waals surface area (Å²) >= 11 is 0. The molecule has 7 nitrogen and oxygen atoms in total. The Bertz CT molecular complexity index is 387. The van der Waals surface area contributed by atoms with Crippen LogP contribution in [0.1, 0.15) is 20.8 Å². The first-order valence-electron chi connectivity index (χ1n) is 4.86.